The van der Waals surface area contributed by atoms with Crippen LogP contribution in [0.15, 0.2) is 0 Å². The van der Waals surface area contributed by atoms with Gasteiger partial charge < -0.3 is 25.0 Å². The van der Waals surface area contributed by atoms with E-state index in [1.54, 1.807) is 41.5 Å². The van der Waals surface area contributed by atoms with Crippen molar-refractivity contribution < 1.29 is 34.1 Å². The summed E-state index contributed by atoms with van der Waals surface area (Å²) >= 11 is 0. The van der Waals surface area contributed by atoms with Crippen molar-refractivity contribution in [2.24, 2.45) is 5.41 Å². The normalized spacial score (nSPS) is 15.2. The average Bonchev–Trinajstić information content (AvgIpc) is 2.30. The Morgan fingerprint density at radius 1 is 0.875 bits per heavy atom. The van der Waals surface area contributed by atoms with Gasteiger partial charge in [0.15, 0.2) is 0 Å². The number of carbonyl (C=O) groups is 3. The highest BCUT2D eigenvalue weighted by Crippen LogP contribution is 2.33. The van der Waals surface area contributed by atoms with Crippen molar-refractivity contribution in [2.45, 2.75) is 72.2 Å². The molecule has 8 nitrogen and oxygen atoms in total. The molecule has 0 fully saturated rings. The van der Waals surface area contributed by atoms with Crippen LogP contribution in [0.5, 0.6) is 0 Å². The zero-order valence-corrected chi connectivity index (χ0v) is 15.6. The molecule has 0 saturated carbocycles. The first-order valence-corrected chi connectivity index (χ1v) is 7.58. The lowest BCUT2D eigenvalue weighted by Gasteiger charge is -2.38. The summed E-state index contributed by atoms with van der Waals surface area (Å²) in [5.41, 5.74) is -6.11. The minimum absolute atomic E-state index is 0.316. The molecule has 0 aliphatic rings. The second kappa shape index (κ2) is 6.96. The Balaban J connectivity index is 5.31. The molecule has 0 aliphatic carbocycles. The summed E-state index contributed by atoms with van der Waals surface area (Å²) in [6.07, 6.45) is -0.785. The molecule has 1 atom stereocenters. The molecule has 24 heavy (non-hydrogen) atoms. The van der Waals surface area contributed by atoms with E-state index < -0.39 is 40.2 Å². The van der Waals surface area contributed by atoms with Crippen LogP contribution >= 0.6 is 0 Å². The fourth-order valence-corrected chi connectivity index (χ4v) is 1.74. The fraction of sp³-hybridized carbons (Fsp3) is 0.812. The lowest BCUT2D eigenvalue weighted by Crippen LogP contribution is -2.62. The molecule has 0 saturated heterocycles. The third-order valence-corrected chi connectivity index (χ3v) is 3.06. The Morgan fingerprint density at radius 3 is 1.62 bits per heavy atom. The molecule has 1 amide bonds. The molecule has 0 bridgehead atoms. The molecule has 140 valence electrons. The molecule has 0 rings (SSSR count). The van der Waals surface area contributed by atoms with E-state index >= 15 is 0 Å². The number of aliphatic hydroxyl groups is 1. The van der Waals surface area contributed by atoms with Crippen LogP contribution in [-0.4, -0.2) is 51.6 Å². The Morgan fingerprint density at radius 2 is 1.29 bits per heavy atom. The lowest BCUT2D eigenvalue weighted by molar-refractivity contribution is -0.201. The lowest BCUT2D eigenvalue weighted by atomic mass is 9.74. The molecule has 8 heteroatoms. The Hall–Kier alpha value is -1.83. The van der Waals surface area contributed by atoms with E-state index in [2.05, 4.69) is 5.32 Å². The number of carboxylic acid groups (broad SMARTS) is 1. The van der Waals surface area contributed by atoms with E-state index in [9.17, 15) is 24.6 Å². The van der Waals surface area contributed by atoms with Crippen LogP contribution in [0.2, 0.25) is 0 Å². The number of esters is 1. The fourth-order valence-electron chi connectivity index (χ4n) is 1.74. The van der Waals surface area contributed by atoms with Crippen molar-refractivity contribution in [3.8, 4) is 0 Å². The van der Waals surface area contributed by atoms with E-state index in [0.717, 1.165) is 0 Å². The van der Waals surface area contributed by atoms with Crippen molar-refractivity contribution in [3.63, 3.8) is 0 Å². The maximum absolute atomic E-state index is 12.2. The van der Waals surface area contributed by atoms with Crippen molar-refractivity contribution in [3.05, 3.63) is 0 Å². The average molecular weight is 347 g/mol. The van der Waals surface area contributed by atoms with Gasteiger partial charge in [-0.2, -0.15) is 0 Å². The van der Waals surface area contributed by atoms with Gasteiger partial charge in [0.05, 0.1) is 0 Å². The number of nitrogens with one attached hydrogen (secondary N) is 1. The van der Waals surface area contributed by atoms with Gasteiger partial charge in [-0.1, -0.05) is 13.8 Å². The van der Waals surface area contributed by atoms with Crippen molar-refractivity contribution >= 4 is 18.0 Å². The third kappa shape index (κ3) is 5.99. The summed E-state index contributed by atoms with van der Waals surface area (Å²) in [7, 11) is 0. The highest BCUT2D eigenvalue weighted by molar-refractivity contribution is 6.03. The van der Waals surface area contributed by atoms with Gasteiger partial charge >= 0.3 is 18.0 Å². The molecule has 0 spiro atoms. The van der Waals surface area contributed by atoms with E-state index in [0.29, 0.717) is 0 Å². The minimum atomic E-state index is -2.84. The Kier molecular flexibility index (Phi) is 6.43. The van der Waals surface area contributed by atoms with Crippen LogP contribution in [0.25, 0.3) is 0 Å². The quantitative estimate of drug-likeness (QED) is 0.511. The van der Waals surface area contributed by atoms with Crippen molar-refractivity contribution in [1.29, 1.82) is 0 Å². The molecular weight excluding hydrogens is 318 g/mol. The first-order valence-electron chi connectivity index (χ1n) is 7.58. The predicted octanol–water partition coefficient (Wildman–Crippen LogP) is 1.69. The monoisotopic (exact) mass is 347 g/mol. The molecule has 3 N–H and O–H groups in total. The third-order valence-electron chi connectivity index (χ3n) is 3.06. The Labute approximate surface area is 142 Å². The molecule has 0 radical (unpaired) electrons. The van der Waals surface area contributed by atoms with Crippen LogP contribution in [0.3, 0.4) is 0 Å². The second-order valence-corrected chi connectivity index (χ2v) is 8.26. The van der Waals surface area contributed by atoms with Gasteiger partial charge in [-0.3, -0.25) is 0 Å². The van der Waals surface area contributed by atoms with Gasteiger partial charge in [-0.05, 0) is 41.5 Å². The summed E-state index contributed by atoms with van der Waals surface area (Å²) < 4.78 is 10.1. The van der Waals surface area contributed by atoms with Gasteiger partial charge in [0.1, 0.15) is 11.2 Å². The molecular formula is C16H29NO7. The van der Waals surface area contributed by atoms with Crippen LogP contribution < -0.4 is 5.32 Å². The van der Waals surface area contributed by atoms with E-state index in [-0.39, 0.29) is 6.54 Å². The summed E-state index contributed by atoms with van der Waals surface area (Å²) in [6, 6.07) is 0. The topological polar surface area (TPSA) is 122 Å². The summed E-state index contributed by atoms with van der Waals surface area (Å²) in [5.74, 6) is -3.05. The smallest absolute Gasteiger partial charge is 0.407 e. The number of carboxylic acids is 1. The number of carbonyl (C=O) groups excluding carboxylic acids is 2. The van der Waals surface area contributed by atoms with Gasteiger partial charge in [-0.25, -0.2) is 14.4 Å². The van der Waals surface area contributed by atoms with E-state index in [1.165, 1.54) is 13.8 Å². The number of aliphatic carboxylic acids is 1. The number of hydrogen-bond donors (Lipinski definition) is 3. The molecule has 0 aliphatic heterocycles. The second-order valence-electron chi connectivity index (χ2n) is 8.26. The predicted molar refractivity (Wildman–Crippen MR) is 86.4 cm³/mol. The highest BCUT2D eigenvalue weighted by Gasteiger charge is 2.58. The number of ether oxygens (including phenoxy) is 2. The Bertz CT molecular complexity index is 500. The molecule has 0 heterocycles. The van der Waals surface area contributed by atoms with Crippen LogP contribution in [-0.2, 0) is 19.1 Å². The summed E-state index contributed by atoms with van der Waals surface area (Å²) in [6.45, 7) is 12.0. The molecule has 0 aromatic heterocycles. The minimum Gasteiger partial charge on any atom is -0.479 e. The first-order chi connectivity index (χ1) is 10.4. The van der Waals surface area contributed by atoms with Gasteiger partial charge in [0, 0.05) is 12.0 Å². The zero-order chi connectivity index (χ0) is 19.6. The molecule has 0 aromatic rings. The highest BCUT2D eigenvalue weighted by atomic mass is 16.6. The van der Waals surface area contributed by atoms with Crippen LogP contribution in [0, 0.1) is 5.41 Å². The number of hydrogen-bond acceptors (Lipinski definition) is 6. The van der Waals surface area contributed by atoms with E-state index in [4.69, 9.17) is 9.47 Å². The number of alkyl carbamates (subject to hydrolysis) is 1. The first kappa shape index (κ1) is 22.2. The summed E-state index contributed by atoms with van der Waals surface area (Å²) in [4.78, 5) is 35.5. The number of rotatable bonds is 5. The van der Waals surface area contributed by atoms with E-state index in [1.807, 2.05) is 0 Å². The van der Waals surface area contributed by atoms with Crippen molar-refractivity contribution in [1.82, 2.24) is 5.32 Å². The maximum Gasteiger partial charge on any atom is 0.407 e. The standard InChI is InChI=1S/C16H29NO7/c1-13(2,3)23-11(20)16(22,10(18)19)15(7,8)9-17-12(21)24-14(4,5)6/h22H,9H2,1-8H3,(H,17,21)(H,18,19). The van der Waals surface area contributed by atoms with Crippen LogP contribution in [0.4, 0.5) is 4.79 Å². The summed E-state index contributed by atoms with van der Waals surface area (Å²) in [5, 5.41) is 22.3. The molecule has 1 unspecified atom stereocenters. The van der Waals surface area contributed by atoms with Gasteiger partial charge in [-0.15, -0.1) is 0 Å². The van der Waals surface area contributed by atoms with Gasteiger partial charge in [0.25, 0.3) is 5.60 Å². The largest absolute Gasteiger partial charge is 0.479 e. The molecule has 0 aromatic carbocycles. The number of amides is 1. The maximum atomic E-state index is 12.2. The zero-order valence-electron chi connectivity index (χ0n) is 15.6. The van der Waals surface area contributed by atoms with Crippen LogP contribution in [0.1, 0.15) is 55.4 Å². The van der Waals surface area contributed by atoms with Crippen molar-refractivity contribution in [2.75, 3.05) is 6.54 Å². The SMILES string of the molecule is CC(C)(C)OC(=O)NCC(C)(C)C(O)(C(=O)O)C(=O)OC(C)(C)C. The van der Waals surface area contributed by atoms with Gasteiger partial charge in [0.2, 0.25) is 0 Å².